The van der Waals surface area contributed by atoms with Crippen molar-refractivity contribution in [2.75, 3.05) is 13.2 Å². The van der Waals surface area contributed by atoms with Crippen LogP contribution in [0.3, 0.4) is 0 Å². The van der Waals surface area contributed by atoms with Crippen LogP contribution < -0.4 is 10.1 Å². The van der Waals surface area contributed by atoms with Gasteiger partial charge in [0.1, 0.15) is 5.75 Å². The smallest absolute Gasteiger partial charge is 0.122 e. The zero-order chi connectivity index (χ0) is 15.8. The summed E-state index contributed by atoms with van der Waals surface area (Å²) in [6.45, 7) is 12.6. The van der Waals surface area contributed by atoms with E-state index in [-0.39, 0.29) is 0 Å². The Bertz CT molecular complexity index is 429. The zero-order valence-electron chi connectivity index (χ0n) is 14.1. The first-order chi connectivity index (χ1) is 9.91. The second-order valence-electron chi connectivity index (χ2n) is 6.31. The lowest BCUT2D eigenvalue weighted by Gasteiger charge is -2.14. The molecule has 0 atom stereocenters. The average molecular weight is 312 g/mol. The van der Waals surface area contributed by atoms with E-state index in [0.29, 0.717) is 12.0 Å². The summed E-state index contributed by atoms with van der Waals surface area (Å²) < 4.78 is 5.93. The highest BCUT2D eigenvalue weighted by molar-refractivity contribution is 6.31. The largest absolute Gasteiger partial charge is 0.493 e. The van der Waals surface area contributed by atoms with Crippen LogP contribution in [0.25, 0.3) is 0 Å². The molecule has 0 bridgehead atoms. The van der Waals surface area contributed by atoms with Gasteiger partial charge < -0.3 is 10.1 Å². The van der Waals surface area contributed by atoms with E-state index in [4.69, 9.17) is 16.3 Å². The monoisotopic (exact) mass is 311 g/mol. The molecule has 0 heterocycles. The van der Waals surface area contributed by atoms with Crippen molar-refractivity contribution < 1.29 is 4.74 Å². The van der Waals surface area contributed by atoms with Gasteiger partial charge in [0, 0.05) is 11.1 Å². The number of aryl methyl sites for hydroxylation is 1. The Hall–Kier alpha value is -0.730. The van der Waals surface area contributed by atoms with Gasteiger partial charge in [-0.15, -0.1) is 0 Å². The molecule has 1 aromatic carbocycles. The van der Waals surface area contributed by atoms with Crippen molar-refractivity contribution in [3.05, 3.63) is 28.3 Å². The fourth-order valence-corrected chi connectivity index (χ4v) is 2.68. The fraction of sp³-hybridized carbons (Fsp3) is 0.667. The number of hydrogen-bond acceptors (Lipinski definition) is 2. The van der Waals surface area contributed by atoms with E-state index in [1.165, 1.54) is 18.4 Å². The van der Waals surface area contributed by atoms with Gasteiger partial charge in [-0.05, 0) is 61.9 Å². The molecule has 0 aromatic heterocycles. The first kappa shape index (κ1) is 18.3. The molecule has 0 spiro atoms. The molecule has 1 aromatic rings. The van der Waals surface area contributed by atoms with Crippen molar-refractivity contribution in [3.63, 3.8) is 0 Å². The first-order valence-electron chi connectivity index (χ1n) is 8.08. The third-order valence-corrected chi connectivity index (χ3v) is 3.87. The highest BCUT2D eigenvalue weighted by atomic mass is 35.5. The molecule has 0 aliphatic rings. The summed E-state index contributed by atoms with van der Waals surface area (Å²) in [4.78, 5) is 0. The molecule has 21 heavy (non-hydrogen) atoms. The SMILES string of the molecule is Cc1cc(Cl)c(C(C)C)cc1OCCCCCNC(C)C. The van der Waals surface area contributed by atoms with Crippen molar-refractivity contribution in [2.24, 2.45) is 0 Å². The maximum Gasteiger partial charge on any atom is 0.122 e. The van der Waals surface area contributed by atoms with Crippen LogP contribution in [0.1, 0.15) is 64.0 Å². The summed E-state index contributed by atoms with van der Waals surface area (Å²) in [6, 6.07) is 4.69. The molecule has 1 rings (SSSR count). The number of rotatable bonds is 9. The quantitative estimate of drug-likeness (QED) is 0.623. The molecule has 0 saturated heterocycles. The van der Waals surface area contributed by atoms with Crippen molar-refractivity contribution in [2.45, 2.75) is 65.8 Å². The third kappa shape index (κ3) is 6.71. The number of ether oxygens (including phenoxy) is 1. The Labute approximate surface area is 135 Å². The summed E-state index contributed by atoms with van der Waals surface area (Å²) in [5.41, 5.74) is 2.28. The van der Waals surface area contributed by atoms with Crippen LogP contribution >= 0.6 is 11.6 Å². The second kappa shape index (κ2) is 9.32. The molecule has 0 unspecified atom stereocenters. The van der Waals surface area contributed by atoms with E-state index in [0.717, 1.165) is 35.9 Å². The van der Waals surface area contributed by atoms with Gasteiger partial charge in [0.15, 0.2) is 0 Å². The topological polar surface area (TPSA) is 21.3 Å². The molecule has 2 nitrogen and oxygen atoms in total. The lowest BCUT2D eigenvalue weighted by atomic mass is 10.0. The van der Waals surface area contributed by atoms with Crippen molar-refractivity contribution in [1.29, 1.82) is 0 Å². The van der Waals surface area contributed by atoms with Gasteiger partial charge in [-0.3, -0.25) is 0 Å². The maximum atomic E-state index is 6.28. The van der Waals surface area contributed by atoms with Gasteiger partial charge in [-0.25, -0.2) is 0 Å². The van der Waals surface area contributed by atoms with Gasteiger partial charge in [0.2, 0.25) is 0 Å². The Morgan fingerprint density at radius 1 is 1.10 bits per heavy atom. The average Bonchev–Trinajstić information content (AvgIpc) is 2.38. The number of unbranched alkanes of at least 4 members (excludes halogenated alkanes) is 2. The van der Waals surface area contributed by atoms with Crippen LogP contribution in [-0.2, 0) is 0 Å². The van der Waals surface area contributed by atoms with E-state index in [1.54, 1.807) is 0 Å². The maximum absolute atomic E-state index is 6.28. The van der Waals surface area contributed by atoms with E-state index >= 15 is 0 Å². The van der Waals surface area contributed by atoms with Gasteiger partial charge in [0.05, 0.1) is 6.61 Å². The van der Waals surface area contributed by atoms with E-state index in [9.17, 15) is 0 Å². The predicted octanol–water partition coefficient (Wildman–Crippen LogP) is 5.32. The van der Waals surface area contributed by atoms with Crippen LogP contribution in [0.5, 0.6) is 5.75 Å². The molecule has 0 radical (unpaired) electrons. The first-order valence-corrected chi connectivity index (χ1v) is 8.45. The van der Waals surface area contributed by atoms with E-state index in [2.05, 4.69) is 46.0 Å². The van der Waals surface area contributed by atoms with Gasteiger partial charge in [-0.1, -0.05) is 39.3 Å². The minimum Gasteiger partial charge on any atom is -0.493 e. The summed E-state index contributed by atoms with van der Waals surface area (Å²) >= 11 is 6.28. The van der Waals surface area contributed by atoms with Gasteiger partial charge in [0.25, 0.3) is 0 Å². The van der Waals surface area contributed by atoms with E-state index < -0.39 is 0 Å². The van der Waals surface area contributed by atoms with Crippen molar-refractivity contribution in [3.8, 4) is 5.75 Å². The number of benzene rings is 1. The Morgan fingerprint density at radius 3 is 2.43 bits per heavy atom. The van der Waals surface area contributed by atoms with Crippen LogP contribution in [0, 0.1) is 6.92 Å². The lowest BCUT2D eigenvalue weighted by molar-refractivity contribution is 0.302. The molecule has 0 aliphatic carbocycles. The standard InChI is InChI=1S/C18H30ClNO/c1-13(2)16-12-18(15(5)11-17(16)19)21-10-8-6-7-9-20-14(3)4/h11-14,20H,6-10H2,1-5H3. The highest BCUT2D eigenvalue weighted by Crippen LogP contribution is 2.31. The third-order valence-electron chi connectivity index (χ3n) is 3.55. The minimum atomic E-state index is 0.419. The van der Waals surface area contributed by atoms with Crippen LogP contribution in [0.2, 0.25) is 5.02 Å². The van der Waals surface area contributed by atoms with Crippen LogP contribution in [-0.4, -0.2) is 19.2 Å². The molecule has 3 heteroatoms. The van der Waals surface area contributed by atoms with Crippen molar-refractivity contribution >= 4 is 11.6 Å². The van der Waals surface area contributed by atoms with Gasteiger partial charge >= 0.3 is 0 Å². The molecule has 0 amide bonds. The molecule has 120 valence electrons. The molecule has 0 saturated carbocycles. The zero-order valence-corrected chi connectivity index (χ0v) is 14.9. The van der Waals surface area contributed by atoms with Gasteiger partial charge in [-0.2, -0.15) is 0 Å². The van der Waals surface area contributed by atoms with E-state index in [1.807, 2.05) is 6.07 Å². The normalized spacial score (nSPS) is 11.4. The molecule has 0 aliphatic heterocycles. The predicted molar refractivity (Wildman–Crippen MR) is 92.8 cm³/mol. The summed E-state index contributed by atoms with van der Waals surface area (Å²) in [7, 11) is 0. The Balaban J connectivity index is 2.37. The summed E-state index contributed by atoms with van der Waals surface area (Å²) in [5.74, 6) is 1.39. The Morgan fingerprint density at radius 2 is 1.81 bits per heavy atom. The number of nitrogens with one attached hydrogen (secondary N) is 1. The second-order valence-corrected chi connectivity index (χ2v) is 6.72. The molecular formula is C18H30ClNO. The Kier molecular flexibility index (Phi) is 8.13. The molecule has 1 N–H and O–H groups in total. The summed E-state index contributed by atoms with van der Waals surface area (Å²) in [6.07, 6.45) is 3.50. The van der Waals surface area contributed by atoms with Crippen LogP contribution in [0.15, 0.2) is 12.1 Å². The molecule has 0 fully saturated rings. The number of halogens is 1. The van der Waals surface area contributed by atoms with Crippen molar-refractivity contribution in [1.82, 2.24) is 5.32 Å². The summed E-state index contributed by atoms with van der Waals surface area (Å²) in [5, 5.41) is 4.28. The fourth-order valence-electron chi connectivity index (χ4n) is 2.24. The lowest BCUT2D eigenvalue weighted by Crippen LogP contribution is -2.23. The van der Waals surface area contributed by atoms with Crippen LogP contribution in [0.4, 0.5) is 0 Å². The highest BCUT2D eigenvalue weighted by Gasteiger charge is 2.10. The number of hydrogen-bond donors (Lipinski definition) is 1. The minimum absolute atomic E-state index is 0.419. The molecular weight excluding hydrogens is 282 g/mol.